The maximum atomic E-state index is 11.7. The number of aromatic amines is 3. The predicted octanol–water partition coefficient (Wildman–Crippen LogP) is 5.44. The number of aromatic nitrogens is 5. The highest BCUT2D eigenvalue weighted by molar-refractivity contribution is 6.00. The van der Waals surface area contributed by atoms with Crippen molar-refractivity contribution in [1.82, 2.24) is 25.1 Å². The Morgan fingerprint density at radius 1 is 0.879 bits per heavy atom. The summed E-state index contributed by atoms with van der Waals surface area (Å²) in [7, 11) is 0. The van der Waals surface area contributed by atoms with E-state index in [2.05, 4.69) is 57.2 Å². The first-order valence-corrected chi connectivity index (χ1v) is 10.8. The van der Waals surface area contributed by atoms with Crippen LogP contribution in [0.4, 0.5) is 0 Å². The molecule has 0 bridgehead atoms. The van der Waals surface area contributed by atoms with Crippen molar-refractivity contribution in [3.8, 4) is 28.1 Å². The number of hydrogen-bond donors (Lipinski definition) is 4. The van der Waals surface area contributed by atoms with Crippen LogP contribution >= 0.6 is 0 Å². The summed E-state index contributed by atoms with van der Waals surface area (Å²) < 4.78 is 0. The molecule has 4 aromatic heterocycles. The largest absolute Gasteiger partial charge is 0.507 e. The van der Waals surface area contributed by atoms with Crippen molar-refractivity contribution < 1.29 is 5.11 Å². The van der Waals surface area contributed by atoms with Crippen LogP contribution in [0.15, 0.2) is 65.7 Å². The van der Waals surface area contributed by atoms with Gasteiger partial charge in [0.2, 0.25) is 0 Å². The van der Waals surface area contributed by atoms with Crippen LogP contribution in [0.25, 0.3) is 55.2 Å². The van der Waals surface area contributed by atoms with Crippen molar-refractivity contribution in [3.05, 3.63) is 76.8 Å². The lowest BCUT2D eigenvalue weighted by Crippen LogP contribution is -2.02. The molecule has 162 valence electrons. The molecule has 6 aromatic rings. The number of nitrogens with zero attached hydrogens (tertiary/aromatic N) is 2. The predicted molar refractivity (Wildman–Crippen MR) is 130 cm³/mol. The van der Waals surface area contributed by atoms with Crippen LogP contribution in [0, 0.1) is 0 Å². The average Bonchev–Trinajstić information content (AvgIpc) is 3.42. The van der Waals surface area contributed by atoms with Gasteiger partial charge >= 0.3 is 0 Å². The maximum absolute atomic E-state index is 11.7. The Morgan fingerprint density at radius 3 is 2.36 bits per heavy atom. The first-order chi connectivity index (χ1) is 16.0. The molecule has 0 saturated heterocycles. The molecule has 0 amide bonds. The number of hydrogen-bond acceptors (Lipinski definition) is 4. The van der Waals surface area contributed by atoms with E-state index < -0.39 is 0 Å². The van der Waals surface area contributed by atoms with Crippen molar-refractivity contribution in [2.75, 3.05) is 0 Å². The van der Waals surface area contributed by atoms with Gasteiger partial charge in [-0.3, -0.25) is 9.89 Å². The average molecular weight is 435 g/mol. The SMILES string of the molecule is CC(C)c1c(-c2ccnc3[nH]ncc23)[nH]c2ccc(-c3ccc4[nH]c(=O)cc(O)c4c3)cc12. The number of H-pyrrole nitrogens is 3. The van der Waals surface area contributed by atoms with Gasteiger partial charge in [-0.25, -0.2) is 4.98 Å². The lowest BCUT2D eigenvalue weighted by Gasteiger charge is -2.10. The fourth-order valence-corrected chi connectivity index (χ4v) is 4.69. The second-order valence-electron chi connectivity index (χ2n) is 8.60. The summed E-state index contributed by atoms with van der Waals surface area (Å²) in [5.74, 6) is 0.259. The van der Waals surface area contributed by atoms with Crippen LogP contribution in [-0.2, 0) is 0 Å². The second-order valence-corrected chi connectivity index (χ2v) is 8.60. The zero-order chi connectivity index (χ0) is 22.7. The molecule has 7 heteroatoms. The Hall–Kier alpha value is -4.39. The molecule has 0 spiro atoms. The van der Waals surface area contributed by atoms with Gasteiger partial charge in [-0.15, -0.1) is 0 Å². The van der Waals surface area contributed by atoms with E-state index in [0.29, 0.717) is 10.9 Å². The number of nitrogens with one attached hydrogen (secondary N) is 3. The van der Waals surface area contributed by atoms with Gasteiger partial charge in [-0.2, -0.15) is 5.10 Å². The molecule has 7 nitrogen and oxygen atoms in total. The number of fused-ring (bicyclic) bond motifs is 3. The van der Waals surface area contributed by atoms with E-state index in [1.54, 1.807) is 6.20 Å². The van der Waals surface area contributed by atoms with Gasteiger partial charge in [-0.1, -0.05) is 26.0 Å². The van der Waals surface area contributed by atoms with E-state index >= 15 is 0 Å². The number of aromatic hydroxyl groups is 1. The van der Waals surface area contributed by atoms with E-state index in [9.17, 15) is 9.90 Å². The van der Waals surface area contributed by atoms with E-state index in [-0.39, 0.29) is 17.2 Å². The third-order valence-electron chi connectivity index (χ3n) is 6.19. The third-order valence-corrected chi connectivity index (χ3v) is 6.19. The fourth-order valence-electron chi connectivity index (χ4n) is 4.69. The number of rotatable bonds is 3. The normalized spacial score (nSPS) is 11.8. The van der Waals surface area contributed by atoms with Gasteiger partial charge in [-0.05, 0) is 52.9 Å². The summed E-state index contributed by atoms with van der Waals surface area (Å²) >= 11 is 0. The summed E-state index contributed by atoms with van der Waals surface area (Å²) in [6.07, 6.45) is 3.60. The van der Waals surface area contributed by atoms with E-state index in [1.807, 2.05) is 30.5 Å². The minimum Gasteiger partial charge on any atom is -0.507 e. The first kappa shape index (κ1) is 19.3. The van der Waals surface area contributed by atoms with Crippen LogP contribution in [-0.4, -0.2) is 30.3 Å². The molecule has 0 radical (unpaired) electrons. The monoisotopic (exact) mass is 435 g/mol. The summed E-state index contributed by atoms with van der Waals surface area (Å²) in [5.41, 5.74) is 7.46. The second kappa shape index (κ2) is 7.06. The zero-order valence-electron chi connectivity index (χ0n) is 18.1. The molecule has 0 fully saturated rings. The third kappa shape index (κ3) is 3.01. The van der Waals surface area contributed by atoms with Gasteiger partial charge in [0.1, 0.15) is 5.75 Å². The minimum atomic E-state index is -0.321. The standard InChI is InChI=1S/C26H21N5O2/c1-13(2)24-18-10-15(14-3-5-20-17(9-14)22(32)11-23(33)29-20)4-6-21(18)30-25(24)16-7-8-27-26-19(16)12-28-31-26/h3-13,30H,1-2H3,(H,27,28,31)(H2,29,32,33). The summed E-state index contributed by atoms with van der Waals surface area (Å²) in [5, 5.41) is 20.1. The topological polar surface area (TPSA) is 110 Å². The van der Waals surface area contributed by atoms with Gasteiger partial charge < -0.3 is 15.1 Å². The Morgan fingerprint density at radius 2 is 1.61 bits per heavy atom. The maximum Gasteiger partial charge on any atom is 0.252 e. The molecule has 33 heavy (non-hydrogen) atoms. The molecule has 0 aliphatic heterocycles. The highest BCUT2D eigenvalue weighted by Gasteiger charge is 2.19. The molecule has 0 aliphatic carbocycles. The quantitative estimate of drug-likeness (QED) is 0.296. The van der Waals surface area contributed by atoms with E-state index in [1.165, 1.54) is 11.6 Å². The van der Waals surface area contributed by atoms with Crippen molar-refractivity contribution in [3.63, 3.8) is 0 Å². The zero-order valence-corrected chi connectivity index (χ0v) is 18.1. The molecular weight excluding hydrogens is 414 g/mol. The Kier molecular flexibility index (Phi) is 4.13. The van der Waals surface area contributed by atoms with Crippen molar-refractivity contribution in [1.29, 1.82) is 0 Å². The van der Waals surface area contributed by atoms with Crippen molar-refractivity contribution in [2.24, 2.45) is 0 Å². The molecule has 0 saturated carbocycles. The fraction of sp³-hybridized carbons (Fsp3) is 0.115. The molecular formula is C26H21N5O2. The molecule has 4 heterocycles. The number of benzene rings is 2. The summed E-state index contributed by atoms with van der Waals surface area (Å²) in [6, 6.07) is 15.2. The van der Waals surface area contributed by atoms with Crippen LogP contribution < -0.4 is 5.56 Å². The van der Waals surface area contributed by atoms with Crippen molar-refractivity contribution in [2.45, 2.75) is 19.8 Å². The van der Waals surface area contributed by atoms with Crippen molar-refractivity contribution >= 4 is 32.8 Å². The lowest BCUT2D eigenvalue weighted by molar-refractivity contribution is 0.480. The van der Waals surface area contributed by atoms with Crippen LogP contribution in [0.3, 0.4) is 0 Å². The minimum absolute atomic E-state index is 0.0229. The van der Waals surface area contributed by atoms with E-state index in [4.69, 9.17) is 0 Å². The Labute approximate surface area is 188 Å². The molecule has 0 atom stereocenters. The molecule has 0 unspecified atom stereocenters. The van der Waals surface area contributed by atoms with Gasteiger partial charge in [0.25, 0.3) is 5.56 Å². The summed E-state index contributed by atoms with van der Waals surface area (Å²) in [6.45, 7) is 4.38. The molecule has 0 aliphatic rings. The Bertz CT molecular complexity index is 1740. The molecule has 6 rings (SSSR count). The smallest absolute Gasteiger partial charge is 0.252 e. The van der Waals surface area contributed by atoms with Gasteiger partial charge in [0.15, 0.2) is 5.65 Å². The van der Waals surface area contributed by atoms with Crippen LogP contribution in [0.5, 0.6) is 5.75 Å². The first-order valence-electron chi connectivity index (χ1n) is 10.8. The van der Waals surface area contributed by atoms with Gasteiger partial charge in [0.05, 0.1) is 17.4 Å². The van der Waals surface area contributed by atoms with Gasteiger partial charge in [0, 0.05) is 39.5 Å². The summed E-state index contributed by atoms with van der Waals surface area (Å²) in [4.78, 5) is 22.4. The van der Waals surface area contributed by atoms with Crippen LogP contribution in [0.1, 0.15) is 25.3 Å². The highest BCUT2D eigenvalue weighted by Crippen LogP contribution is 2.39. The molecule has 2 aromatic carbocycles. The van der Waals surface area contributed by atoms with E-state index in [0.717, 1.165) is 44.3 Å². The van der Waals surface area contributed by atoms with Crippen LogP contribution in [0.2, 0.25) is 0 Å². The lowest BCUT2D eigenvalue weighted by atomic mass is 9.93. The molecule has 4 N–H and O–H groups in total. The number of pyridine rings is 2. The Balaban J connectivity index is 1.57. The highest BCUT2D eigenvalue weighted by atomic mass is 16.3.